The van der Waals surface area contributed by atoms with Gasteiger partial charge in [0.2, 0.25) is 6.29 Å². The molecule has 0 aliphatic carbocycles. The molecule has 6 aromatic rings. The fraction of sp³-hybridized carbons (Fsp3) is 0.473. The van der Waals surface area contributed by atoms with Crippen LogP contribution in [0, 0.1) is 16.0 Å². The molecule has 0 aromatic heterocycles. The molecule has 10 rings (SSSR count). The number of nitro benzene ring substituents is 1. The Bertz CT molecular complexity index is 3520. The number of aliphatic hydroxyl groups is 4. The van der Waals surface area contributed by atoms with E-state index in [9.17, 15) is 44.9 Å². The molecule has 0 saturated carbocycles. The highest BCUT2D eigenvalue weighted by atomic mass is 16.8. The van der Waals surface area contributed by atoms with Crippen LogP contribution in [0.1, 0.15) is 61.9 Å². The Morgan fingerprint density at radius 2 is 1.08 bits per heavy atom. The predicted molar refractivity (Wildman–Crippen MR) is 355 cm³/mol. The van der Waals surface area contributed by atoms with Crippen molar-refractivity contribution in [3.05, 3.63) is 214 Å². The molecule has 27 heteroatoms. The number of nitro groups is 1. The number of benzene rings is 6. The molecule has 0 amide bonds. The van der Waals surface area contributed by atoms with Crippen LogP contribution in [0.4, 0.5) is 5.69 Å². The van der Waals surface area contributed by atoms with Gasteiger partial charge in [-0.1, -0.05) is 159 Å². The Balaban J connectivity index is 1.08. The van der Waals surface area contributed by atoms with Crippen molar-refractivity contribution in [1.29, 1.82) is 0 Å². The third-order valence-electron chi connectivity index (χ3n) is 17.8. The maximum Gasteiger partial charge on any atom is 0.366 e. The number of methoxy groups -OCH3 is 1. The van der Waals surface area contributed by atoms with Crippen LogP contribution in [0.3, 0.4) is 0 Å². The van der Waals surface area contributed by atoms with E-state index in [0.717, 1.165) is 48.8 Å². The highest BCUT2D eigenvalue weighted by Crippen LogP contribution is 2.42. The van der Waals surface area contributed by atoms with Crippen molar-refractivity contribution in [3.8, 4) is 5.75 Å². The topological polar surface area (TPSA) is 349 Å². The molecule has 544 valence electrons. The van der Waals surface area contributed by atoms with E-state index in [2.05, 4.69) is 0 Å². The summed E-state index contributed by atoms with van der Waals surface area (Å²) in [6.07, 6.45) is -28.1. The van der Waals surface area contributed by atoms with Crippen LogP contribution in [0.2, 0.25) is 0 Å². The second kappa shape index (κ2) is 36.4. The fourth-order valence-electron chi connectivity index (χ4n) is 12.6. The molecule has 19 unspecified atom stereocenters. The van der Waals surface area contributed by atoms with E-state index >= 15 is 0 Å². The number of ether oxygens (including phenoxy) is 16. The summed E-state index contributed by atoms with van der Waals surface area (Å²) in [5.41, 5.74) is 10.5. The van der Waals surface area contributed by atoms with Crippen LogP contribution in [-0.2, 0) is 118 Å². The molecule has 0 radical (unpaired) electrons. The van der Waals surface area contributed by atoms with E-state index in [1.54, 1.807) is 19.1 Å². The van der Waals surface area contributed by atoms with Crippen molar-refractivity contribution < 1.29 is 116 Å². The average molecular weight is 1410 g/mol. The molecule has 21 atom stereocenters. The first-order valence-electron chi connectivity index (χ1n) is 33.4. The lowest BCUT2D eigenvalue weighted by Crippen LogP contribution is -2.70. The number of carbonyl (C=O) groups excluding carboxylic acids is 3. The first-order valence-corrected chi connectivity index (χ1v) is 33.4. The zero-order valence-corrected chi connectivity index (χ0v) is 56.5. The zero-order chi connectivity index (χ0) is 71.6. The summed E-state index contributed by atoms with van der Waals surface area (Å²) < 4.78 is 104. The van der Waals surface area contributed by atoms with Gasteiger partial charge >= 0.3 is 17.9 Å². The summed E-state index contributed by atoms with van der Waals surface area (Å²) in [5, 5.41) is 59.9. The molecule has 101 heavy (non-hydrogen) atoms. The Morgan fingerprint density at radius 1 is 0.594 bits per heavy atom. The van der Waals surface area contributed by atoms with Crippen LogP contribution < -0.4 is 10.5 Å². The fourth-order valence-corrected chi connectivity index (χ4v) is 12.6. The number of hydrogen-bond acceptors (Lipinski definition) is 26. The molecule has 0 spiro atoms. The molecule has 6 aromatic carbocycles. The average Bonchev–Trinajstić information content (AvgIpc) is 0.760. The van der Waals surface area contributed by atoms with Gasteiger partial charge in [0.25, 0.3) is 11.5 Å². The standard InChI is InChI=1S/C74H88N2O25/c1-44-63(98-72-69(91-41-52-29-19-10-20-30-52)68(90-40-51-27-17-9-18-28-51)64(45(2)92-72)89-39-50-25-15-8-16-26-50)65(58(43-88-38-49-23-13-7-14-24-49)97-70(44)95-54-33-31-53(32-34-54)76(84)85)99-71-62(82)67(61(81)57(96-71)42-87-37-48-21-11-6-12-22-48)101-74(73(83)86-5)35-55(93-46(3)78)59(75)66(100-74)60(80)56(36-77)94-47(4)79/h6-34,44-45,55-72,77,80-82H,35-43,75H2,1-5H3/t44?,45?,55?,56-,57?,58?,59?,60-,61?,62?,63?,64?,65?,66?,67?,68?,69?,70?,71?,72?,74?/m1/s1. The van der Waals surface area contributed by atoms with Gasteiger partial charge in [-0.2, -0.15) is 0 Å². The summed E-state index contributed by atoms with van der Waals surface area (Å²) in [6.45, 7) is 4.27. The largest absolute Gasteiger partial charge is 0.465 e. The quantitative estimate of drug-likeness (QED) is 0.0138. The van der Waals surface area contributed by atoms with Crippen LogP contribution in [0.5, 0.6) is 5.75 Å². The van der Waals surface area contributed by atoms with Gasteiger partial charge in [-0.15, -0.1) is 0 Å². The molecule has 4 saturated heterocycles. The third-order valence-corrected chi connectivity index (χ3v) is 17.8. The van der Waals surface area contributed by atoms with Gasteiger partial charge in [-0.25, -0.2) is 4.79 Å². The molecule has 0 bridgehead atoms. The van der Waals surface area contributed by atoms with Gasteiger partial charge in [0.05, 0.1) is 89.6 Å². The van der Waals surface area contributed by atoms with Crippen molar-refractivity contribution in [1.82, 2.24) is 0 Å². The number of esters is 3. The van der Waals surface area contributed by atoms with Crippen molar-refractivity contribution in [2.75, 3.05) is 26.9 Å². The number of hydrogen-bond donors (Lipinski definition) is 5. The lowest BCUT2D eigenvalue weighted by Gasteiger charge is -2.52. The summed E-state index contributed by atoms with van der Waals surface area (Å²) in [7, 11) is 0.975. The maximum absolute atomic E-state index is 14.6. The Hall–Kier alpha value is -7.75. The molecule has 4 aliphatic heterocycles. The Kier molecular flexibility index (Phi) is 27.4. The van der Waals surface area contributed by atoms with Gasteiger partial charge in [0, 0.05) is 31.9 Å². The molecule has 4 fully saturated rings. The monoisotopic (exact) mass is 1400 g/mol. The minimum absolute atomic E-state index is 0.0134. The maximum atomic E-state index is 14.6. The summed E-state index contributed by atoms with van der Waals surface area (Å²) in [6, 6.07) is 50.8. The van der Waals surface area contributed by atoms with Crippen molar-refractivity contribution in [3.63, 3.8) is 0 Å². The number of nitrogens with zero attached hydrogens (tertiary/aromatic N) is 1. The number of non-ortho nitro benzene ring substituents is 1. The van der Waals surface area contributed by atoms with Crippen molar-refractivity contribution >= 4 is 23.6 Å². The van der Waals surface area contributed by atoms with E-state index in [0.29, 0.717) is 0 Å². The first kappa shape index (κ1) is 75.9. The molecular weight excluding hydrogens is 1320 g/mol. The van der Waals surface area contributed by atoms with Gasteiger partial charge in [0.1, 0.15) is 79.0 Å². The number of nitrogens with two attached hydrogens (primary N) is 1. The second-order valence-corrected chi connectivity index (χ2v) is 25.2. The van der Waals surface area contributed by atoms with E-state index < -0.39 is 171 Å². The van der Waals surface area contributed by atoms with Gasteiger partial charge in [0.15, 0.2) is 18.7 Å². The number of rotatable bonds is 32. The molecule has 6 N–H and O–H groups in total. The van der Waals surface area contributed by atoms with Crippen LogP contribution in [0.25, 0.3) is 0 Å². The summed E-state index contributed by atoms with van der Waals surface area (Å²) in [5.74, 6) is -6.82. The van der Waals surface area contributed by atoms with Crippen LogP contribution >= 0.6 is 0 Å². The molecule has 4 heterocycles. The summed E-state index contributed by atoms with van der Waals surface area (Å²) >= 11 is 0. The highest BCUT2D eigenvalue weighted by Gasteiger charge is 2.62. The normalized spacial score (nSPS) is 30.3. The van der Waals surface area contributed by atoms with Gasteiger partial charge in [-0.05, 0) is 46.9 Å². The van der Waals surface area contributed by atoms with E-state index in [1.165, 1.54) is 24.3 Å². The minimum Gasteiger partial charge on any atom is -0.465 e. The van der Waals surface area contributed by atoms with E-state index in [4.69, 9.17) is 81.5 Å². The molecule has 4 aliphatic rings. The van der Waals surface area contributed by atoms with Crippen LogP contribution in [-0.4, -0.2) is 192 Å². The summed E-state index contributed by atoms with van der Waals surface area (Å²) in [4.78, 5) is 51.1. The second-order valence-electron chi connectivity index (χ2n) is 25.2. The SMILES string of the molecule is COC(=O)C1(OC2C(O)C(COCc3ccccc3)OC(OC3C(COCc4ccccc4)OC(Oc4ccc([N+](=O)[O-])cc4)C(C)C3OC3OC(C)C(OCc4ccccc4)C(OCc4ccccc4)C3OCc3ccccc3)C2O)CC(OC(C)=O)C(N)C([C@H](O)[C@@H](CO)OC(C)=O)O1. The van der Waals surface area contributed by atoms with Gasteiger partial charge < -0.3 is 102 Å². The van der Waals surface area contributed by atoms with Gasteiger partial charge in [-0.3, -0.25) is 19.7 Å². The Labute approximate surface area is 584 Å². The van der Waals surface area contributed by atoms with Crippen molar-refractivity contribution in [2.45, 2.75) is 189 Å². The lowest BCUT2D eigenvalue weighted by atomic mass is 9.88. The van der Waals surface area contributed by atoms with E-state index in [-0.39, 0.29) is 51.1 Å². The Morgan fingerprint density at radius 3 is 1.57 bits per heavy atom. The third kappa shape index (κ3) is 19.9. The smallest absolute Gasteiger partial charge is 0.366 e. The molecule has 27 nitrogen and oxygen atoms in total. The van der Waals surface area contributed by atoms with Crippen LogP contribution in [0.15, 0.2) is 176 Å². The predicted octanol–water partition coefficient (Wildman–Crippen LogP) is 6.07. The van der Waals surface area contributed by atoms with E-state index in [1.807, 2.05) is 146 Å². The highest BCUT2D eigenvalue weighted by molar-refractivity contribution is 5.78. The first-order chi connectivity index (χ1) is 48.8. The lowest BCUT2D eigenvalue weighted by molar-refractivity contribution is -0.394. The zero-order valence-electron chi connectivity index (χ0n) is 56.5. The van der Waals surface area contributed by atoms with Crippen molar-refractivity contribution in [2.24, 2.45) is 11.7 Å². The minimum atomic E-state index is -2.87. The molecular formula is C74H88N2O25. The number of carbonyl (C=O) groups is 3. The number of aliphatic hydroxyl groups excluding tert-OH is 4.